The van der Waals surface area contributed by atoms with Crippen LogP contribution in [0.5, 0.6) is 5.75 Å². The SMILES string of the molecule is COc1cccc(-c2nn(Cc3ccccc3)cc2/C=C2\SC(=S)NC2=O)c1. The van der Waals surface area contributed by atoms with E-state index in [1.165, 1.54) is 11.8 Å². The zero-order valence-corrected chi connectivity index (χ0v) is 16.7. The van der Waals surface area contributed by atoms with Crippen LogP contribution >= 0.6 is 24.0 Å². The summed E-state index contributed by atoms with van der Waals surface area (Å²) in [5.41, 5.74) is 3.71. The second-order valence-corrected chi connectivity index (χ2v) is 7.92. The van der Waals surface area contributed by atoms with Crippen molar-refractivity contribution in [3.63, 3.8) is 0 Å². The van der Waals surface area contributed by atoms with Gasteiger partial charge in [-0.1, -0.05) is 66.4 Å². The van der Waals surface area contributed by atoms with Crippen LogP contribution in [0.4, 0.5) is 0 Å². The first-order valence-electron chi connectivity index (χ1n) is 8.63. The van der Waals surface area contributed by atoms with Crippen molar-refractivity contribution in [1.29, 1.82) is 0 Å². The second kappa shape index (κ2) is 8.00. The van der Waals surface area contributed by atoms with Gasteiger partial charge in [-0.05, 0) is 23.8 Å². The number of ether oxygens (including phenoxy) is 1. The van der Waals surface area contributed by atoms with Crippen molar-refractivity contribution in [2.75, 3.05) is 7.11 Å². The maximum atomic E-state index is 12.1. The summed E-state index contributed by atoms with van der Waals surface area (Å²) in [5, 5.41) is 7.43. The number of thioether (sulfide) groups is 1. The topological polar surface area (TPSA) is 56.1 Å². The van der Waals surface area contributed by atoms with Gasteiger partial charge in [-0.2, -0.15) is 5.10 Å². The smallest absolute Gasteiger partial charge is 0.263 e. The number of hydrogen-bond acceptors (Lipinski definition) is 5. The molecule has 0 bridgehead atoms. The van der Waals surface area contributed by atoms with Crippen molar-refractivity contribution in [3.05, 3.63) is 76.8 Å². The Labute approximate surface area is 172 Å². The fourth-order valence-corrected chi connectivity index (χ4v) is 3.99. The highest BCUT2D eigenvalue weighted by molar-refractivity contribution is 8.26. The van der Waals surface area contributed by atoms with E-state index in [-0.39, 0.29) is 5.91 Å². The Morgan fingerprint density at radius 1 is 1.21 bits per heavy atom. The van der Waals surface area contributed by atoms with Crippen molar-refractivity contribution < 1.29 is 9.53 Å². The molecule has 1 amide bonds. The van der Waals surface area contributed by atoms with Gasteiger partial charge in [0.1, 0.15) is 10.1 Å². The average molecular weight is 408 g/mol. The number of nitrogens with one attached hydrogen (secondary N) is 1. The van der Waals surface area contributed by atoms with Gasteiger partial charge in [0.15, 0.2) is 0 Å². The van der Waals surface area contributed by atoms with Crippen LogP contribution in [0.25, 0.3) is 17.3 Å². The van der Waals surface area contributed by atoms with E-state index in [9.17, 15) is 4.79 Å². The standard InChI is InChI=1S/C21H17N3O2S2/c1-26-17-9-5-8-15(10-17)19-16(11-18-20(25)22-21(27)28-18)13-24(23-19)12-14-6-3-2-4-7-14/h2-11,13H,12H2,1H3,(H,22,25,27)/b18-11-. The molecule has 2 heterocycles. The molecule has 2 aromatic carbocycles. The third kappa shape index (κ3) is 4.00. The Kier molecular flexibility index (Phi) is 5.27. The van der Waals surface area contributed by atoms with Crippen LogP contribution in [-0.2, 0) is 11.3 Å². The lowest BCUT2D eigenvalue weighted by Gasteiger charge is -2.04. The molecule has 7 heteroatoms. The number of thiocarbonyl (C=S) groups is 1. The van der Waals surface area contributed by atoms with Crippen LogP contribution in [0.3, 0.4) is 0 Å². The average Bonchev–Trinajstić information content (AvgIpc) is 3.25. The molecule has 4 rings (SSSR count). The number of benzene rings is 2. The van der Waals surface area contributed by atoms with Crippen LogP contribution in [0.15, 0.2) is 65.7 Å². The van der Waals surface area contributed by atoms with Gasteiger partial charge < -0.3 is 10.1 Å². The number of nitrogens with zero attached hydrogens (tertiary/aromatic N) is 2. The Bertz CT molecular complexity index is 1070. The molecule has 0 aliphatic carbocycles. The van der Waals surface area contributed by atoms with Crippen LogP contribution < -0.4 is 10.1 Å². The number of aromatic nitrogens is 2. The molecule has 5 nitrogen and oxygen atoms in total. The number of amides is 1. The van der Waals surface area contributed by atoms with Gasteiger partial charge in [-0.15, -0.1) is 0 Å². The highest BCUT2D eigenvalue weighted by atomic mass is 32.2. The minimum absolute atomic E-state index is 0.178. The van der Waals surface area contributed by atoms with E-state index in [2.05, 4.69) is 17.4 Å². The first-order chi connectivity index (χ1) is 13.6. The summed E-state index contributed by atoms with van der Waals surface area (Å²) in [6.45, 7) is 0.638. The zero-order valence-electron chi connectivity index (χ0n) is 15.1. The van der Waals surface area contributed by atoms with Gasteiger partial charge in [0.05, 0.1) is 24.3 Å². The molecule has 1 aliphatic rings. The molecular formula is C21H17N3O2S2. The lowest BCUT2D eigenvalue weighted by Crippen LogP contribution is -2.17. The molecule has 28 heavy (non-hydrogen) atoms. The summed E-state index contributed by atoms with van der Waals surface area (Å²) >= 11 is 6.36. The third-order valence-corrected chi connectivity index (χ3v) is 5.41. The minimum Gasteiger partial charge on any atom is -0.497 e. The predicted molar refractivity (Wildman–Crippen MR) is 116 cm³/mol. The van der Waals surface area contributed by atoms with E-state index in [0.717, 1.165) is 28.1 Å². The summed E-state index contributed by atoms with van der Waals surface area (Å²) in [5.74, 6) is 0.574. The maximum absolute atomic E-state index is 12.1. The Morgan fingerprint density at radius 3 is 2.75 bits per heavy atom. The number of carbonyl (C=O) groups is 1. The number of rotatable bonds is 5. The molecule has 0 spiro atoms. The molecule has 1 aliphatic heterocycles. The Hall–Kier alpha value is -2.90. The molecular weight excluding hydrogens is 390 g/mol. The lowest BCUT2D eigenvalue weighted by atomic mass is 10.1. The number of carbonyl (C=O) groups excluding carboxylic acids is 1. The van der Waals surface area contributed by atoms with Gasteiger partial charge in [-0.25, -0.2) is 0 Å². The summed E-state index contributed by atoms with van der Waals surface area (Å²) in [4.78, 5) is 12.7. The molecule has 140 valence electrons. The van der Waals surface area contributed by atoms with Crippen LogP contribution in [-0.4, -0.2) is 27.1 Å². The van der Waals surface area contributed by atoms with Gasteiger partial charge in [0.25, 0.3) is 5.91 Å². The Morgan fingerprint density at radius 2 is 2.04 bits per heavy atom. The molecule has 0 atom stereocenters. The molecule has 0 unspecified atom stereocenters. The Balaban J connectivity index is 1.77. The van der Waals surface area contributed by atoms with Crippen molar-refractivity contribution in [3.8, 4) is 17.0 Å². The van der Waals surface area contributed by atoms with E-state index < -0.39 is 0 Å². The molecule has 1 N–H and O–H groups in total. The van der Waals surface area contributed by atoms with Gasteiger partial charge in [-0.3, -0.25) is 9.48 Å². The van der Waals surface area contributed by atoms with E-state index in [1.807, 2.05) is 59.4 Å². The fourth-order valence-electron chi connectivity index (χ4n) is 2.95. The molecule has 0 saturated carbocycles. The lowest BCUT2D eigenvalue weighted by molar-refractivity contribution is -0.115. The number of methoxy groups -OCH3 is 1. The predicted octanol–water partition coefficient (Wildman–Crippen LogP) is 4.10. The maximum Gasteiger partial charge on any atom is 0.263 e. The molecule has 1 fully saturated rings. The molecule has 0 radical (unpaired) electrons. The zero-order chi connectivity index (χ0) is 19.5. The quantitative estimate of drug-likeness (QED) is 0.510. The van der Waals surface area contributed by atoms with E-state index >= 15 is 0 Å². The van der Waals surface area contributed by atoms with Gasteiger partial charge in [0.2, 0.25) is 0 Å². The monoisotopic (exact) mass is 407 g/mol. The molecule has 1 aromatic heterocycles. The molecule has 3 aromatic rings. The van der Waals surface area contributed by atoms with Gasteiger partial charge >= 0.3 is 0 Å². The highest BCUT2D eigenvalue weighted by Crippen LogP contribution is 2.31. The minimum atomic E-state index is -0.178. The first-order valence-corrected chi connectivity index (χ1v) is 9.85. The fraction of sp³-hybridized carbons (Fsp3) is 0.0952. The molecule has 1 saturated heterocycles. The summed E-state index contributed by atoms with van der Waals surface area (Å²) in [7, 11) is 1.64. The van der Waals surface area contributed by atoms with Gasteiger partial charge in [0, 0.05) is 17.3 Å². The highest BCUT2D eigenvalue weighted by Gasteiger charge is 2.23. The van der Waals surface area contributed by atoms with Crippen molar-refractivity contribution >= 4 is 40.3 Å². The van der Waals surface area contributed by atoms with E-state index in [4.69, 9.17) is 22.1 Å². The number of hydrogen-bond donors (Lipinski definition) is 1. The van der Waals surface area contributed by atoms with Crippen LogP contribution in [0, 0.1) is 0 Å². The first kappa shape index (κ1) is 18.5. The van der Waals surface area contributed by atoms with Crippen molar-refractivity contribution in [1.82, 2.24) is 15.1 Å². The van der Waals surface area contributed by atoms with Crippen LogP contribution in [0.2, 0.25) is 0 Å². The van der Waals surface area contributed by atoms with Crippen molar-refractivity contribution in [2.24, 2.45) is 0 Å². The summed E-state index contributed by atoms with van der Waals surface area (Å²) in [6.07, 6.45) is 3.78. The normalized spacial score (nSPS) is 15.1. The second-order valence-electron chi connectivity index (χ2n) is 6.20. The third-order valence-electron chi connectivity index (χ3n) is 4.25. The summed E-state index contributed by atoms with van der Waals surface area (Å²) in [6, 6.07) is 17.8. The van der Waals surface area contributed by atoms with E-state index in [1.54, 1.807) is 7.11 Å². The largest absolute Gasteiger partial charge is 0.497 e. The summed E-state index contributed by atoms with van der Waals surface area (Å²) < 4.78 is 7.70. The van der Waals surface area contributed by atoms with E-state index in [0.29, 0.717) is 15.8 Å². The van der Waals surface area contributed by atoms with Crippen LogP contribution in [0.1, 0.15) is 11.1 Å². The van der Waals surface area contributed by atoms with Crippen molar-refractivity contribution in [2.45, 2.75) is 6.54 Å².